The zero-order chi connectivity index (χ0) is 15.9. The fourth-order valence-corrected chi connectivity index (χ4v) is 3.14. The maximum atomic E-state index is 5.74. The highest BCUT2D eigenvalue weighted by Crippen LogP contribution is 2.33. The zero-order valence-corrected chi connectivity index (χ0v) is 15.7. The topological polar surface area (TPSA) is 55.7 Å². The predicted molar refractivity (Wildman–Crippen MR) is 99.6 cm³/mol. The van der Waals surface area contributed by atoms with Crippen molar-refractivity contribution in [3.8, 4) is 11.5 Å². The molecule has 0 aliphatic heterocycles. The van der Waals surface area contributed by atoms with Crippen molar-refractivity contribution >= 4 is 45.3 Å². The van der Waals surface area contributed by atoms with Crippen LogP contribution in [0.25, 0.3) is 0 Å². The summed E-state index contributed by atoms with van der Waals surface area (Å²) in [7, 11) is 1.64. The van der Waals surface area contributed by atoms with E-state index >= 15 is 0 Å². The molecule has 0 bridgehead atoms. The maximum absolute atomic E-state index is 5.74. The molecule has 0 aliphatic carbocycles. The van der Waals surface area contributed by atoms with Crippen molar-refractivity contribution < 1.29 is 9.47 Å². The molecule has 0 aliphatic rings. The van der Waals surface area contributed by atoms with Gasteiger partial charge in [-0.1, -0.05) is 6.92 Å². The van der Waals surface area contributed by atoms with E-state index in [1.54, 1.807) is 13.3 Å². The van der Waals surface area contributed by atoms with Crippen LogP contribution in [0, 0.1) is 10.5 Å². The summed E-state index contributed by atoms with van der Waals surface area (Å²) in [5, 5.41) is 6.96. The lowest BCUT2D eigenvalue weighted by molar-refractivity contribution is 0.292. The first-order chi connectivity index (χ1) is 10.6. The van der Waals surface area contributed by atoms with Crippen LogP contribution in [0.4, 0.5) is 5.13 Å². The monoisotopic (exact) mass is 431 g/mol. The molecule has 2 rings (SSSR count). The molecule has 0 spiro atoms. The number of rotatable bonds is 7. The number of benzene rings is 1. The van der Waals surface area contributed by atoms with Crippen molar-refractivity contribution in [2.45, 2.75) is 20.3 Å². The second-order valence-electron chi connectivity index (χ2n) is 4.55. The standard InChI is InChI=1S/C15H18IN3O2S/c1-4-5-21-14-12(16)6-11(7-13(14)20-3)8-17-19-15-18-10(2)9-22-15/h6-9H,4-5H2,1-3H3,(H,18,19). The molecule has 7 heteroatoms. The average Bonchev–Trinajstić information content (AvgIpc) is 2.91. The predicted octanol–water partition coefficient (Wildman–Crippen LogP) is 4.30. The van der Waals surface area contributed by atoms with Crippen molar-refractivity contribution in [3.63, 3.8) is 0 Å². The van der Waals surface area contributed by atoms with Gasteiger partial charge in [0.1, 0.15) is 0 Å². The molecule has 0 radical (unpaired) electrons. The van der Waals surface area contributed by atoms with Crippen molar-refractivity contribution in [2.75, 3.05) is 19.1 Å². The Labute approximate surface area is 147 Å². The number of nitrogens with one attached hydrogen (secondary N) is 1. The zero-order valence-electron chi connectivity index (χ0n) is 12.7. The molecule has 5 nitrogen and oxygen atoms in total. The summed E-state index contributed by atoms with van der Waals surface area (Å²) in [6.45, 7) is 4.70. The van der Waals surface area contributed by atoms with Crippen LogP contribution in [-0.4, -0.2) is 24.9 Å². The fourth-order valence-electron chi connectivity index (χ4n) is 1.73. The number of methoxy groups -OCH3 is 1. The Hall–Kier alpha value is -1.35. The van der Waals surface area contributed by atoms with Gasteiger partial charge in [0.15, 0.2) is 11.5 Å². The lowest BCUT2D eigenvalue weighted by Gasteiger charge is -2.12. The molecule has 0 atom stereocenters. The SMILES string of the molecule is CCCOc1c(I)cc(C=NNc2nc(C)cs2)cc1OC. The van der Waals surface area contributed by atoms with Gasteiger partial charge in [-0.15, -0.1) is 11.3 Å². The van der Waals surface area contributed by atoms with Crippen LogP contribution in [0.2, 0.25) is 0 Å². The Kier molecular flexibility index (Phi) is 6.44. The van der Waals surface area contributed by atoms with E-state index in [2.05, 4.69) is 45.0 Å². The van der Waals surface area contributed by atoms with Crippen LogP contribution in [-0.2, 0) is 0 Å². The minimum Gasteiger partial charge on any atom is -0.493 e. The summed E-state index contributed by atoms with van der Waals surface area (Å²) in [6, 6.07) is 3.91. The molecular weight excluding hydrogens is 413 g/mol. The fraction of sp³-hybridized carbons (Fsp3) is 0.333. The van der Waals surface area contributed by atoms with Gasteiger partial charge in [0.05, 0.1) is 29.2 Å². The molecule has 0 amide bonds. The van der Waals surface area contributed by atoms with E-state index in [1.807, 2.05) is 24.4 Å². The molecule has 1 heterocycles. The van der Waals surface area contributed by atoms with E-state index in [0.717, 1.165) is 32.1 Å². The van der Waals surface area contributed by atoms with Crippen molar-refractivity contribution in [2.24, 2.45) is 5.10 Å². The van der Waals surface area contributed by atoms with Crippen LogP contribution in [0.3, 0.4) is 0 Å². The summed E-state index contributed by atoms with van der Waals surface area (Å²) in [6.07, 6.45) is 2.70. The van der Waals surface area contributed by atoms with Crippen LogP contribution in [0.1, 0.15) is 24.6 Å². The number of hydrogen-bond acceptors (Lipinski definition) is 6. The Balaban J connectivity index is 2.12. The number of thiazole rings is 1. The molecule has 0 saturated carbocycles. The van der Waals surface area contributed by atoms with Crippen molar-refractivity contribution in [1.29, 1.82) is 0 Å². The minimum atomic E-state index is 0.671. The first-order valence-corrected chi connectivity index (χ1v) is 8.81. The van der Waals surface area contributed by atoms with Crippen LogP contribution in [0.5, 0.6) is 11.5 Å². The van der Waals surface area contributed by atoms with Gasteiger partial charge in [0.25, 0.3) is 0 Å². The number of ether oxygens (including phenoxy) is 2. The summed E-state index contributed by atoms with van der Waals surface area (Å²) in [5.74, 6) is 1.50. The van der Waals surface area contributed by atoms with Crippen LogP contribution < -0.4 is 14.9 Å². The molecule has 0 fully saturated rings. The number of aromatic nitrogens is 1. The van der Waals surface area contributed by atoms with E-state index in [-0.39, 0.29) is 0 Å². The smallest absolute Gasteiger partial charge is 0.203 e. The maximum Gasteiger partial charge on any atom is 0.203 e. The van der Waals surface area contributed by atoms with Gasteiger partial charge in [-0.05, 0) is 53.6 Å². The third-order valence-electron chi connectivity index (χ3n) is 2.70. The molecule has 1 aromatic carbocycles. The Morgan fingerprint density at radius 3 is 2.91 bits per heavy atom. The summed E-state index contributed by atoms with van der Waals surface area (Å²) in [5.41, 5.74) is 4.84. The molecule has 0 unspecified atom stereocenters. The lowest BCUT2D eigenvalue weighted by Crippen LogP contribution is -2.01. The quantitative estimate of drug-likeness (QED) is 0.404. The second-order valence-corrected chi connectivity index (χ2v) is 6.57. The number of hydrogen-bond donors (Lipinski definition) is 1. The molecule has 1 N–H and O–H groups in total. The molecule has 22 heavy (non-hydrogen) atoms. The Morgan fingerprint density at radius 2 is 2.27 bits per heavy atom. The third kappa shape index (κ3) is 4.57. The lowest BCUT2D eigenvalue weighted by atomic mass is 10.2. The molecular formula is C15H18IN3O2S. The van der Waals surface area contributed by atoms with Gasteiger partial charge in [0.2, 0.25) is 5.13 Å². The van der Waals surface area contributed by atoms with E-state index in [1.165, 1.54) is 11.3 Å². The largest absolute Gasteiger partial charge is 0.493 e. The van der Waals surface area contributed by atoms with Gasteiger partial charge >= 0.3 is 0 Å². The number of nitrogens with zero attached hydrogens (tertiary/aromatic N) is 2. The van der Waals surface area contributed by atoms with E-state index in [0.29, 0.717) is 12.4 Å². The normalized spacial score (nSPS) is 10.9. The molecule has 2 aromatic rings. The van der Waals surface area contributed by atoms with E-state index in [9.17, 15) is 0 Å². The van der Waals surface area contributed by atoms with Crippen molar-refractivity contribution in [3.05, 3.63) is 32.3 Å². The number of aryl methyl sites for hydroxylation is 1. The number of halogens is 1. The number of hydrazone groups is 1. The highest BCUT2D eigenvalue weighted by Gasteiger charge is 2.10. The first kappa shape index (κ1) is 17.0. The van der Waals surface area contributed by atoms with Gasteiger partial charge in [-0.25, -0.2) is 4.98 Å². The summed E-state index contributed by atoms with van der Waals surface area (Å²) in [4.78, 5) is 4.29. The molecule has 0 saturated heterocycles. The van der Waals surface area contributed by atoms with E-state index < -0.39 is 0 Å². The Morgan fingerprint density at radius 1 is 1.45 bits per heavy atom. The average molecular weight is 431 g/mol. The minimum absolute atomic E-state index is 0.671. The number of anilines is 1. The first-order valence-electron chi connectivity index (χ1n) is 6.85. The van der Waals surface area contributed by atoms with Gasteiger partial charge < -0.3 is 9.47 Å². The van der Waals surface area contributed by atoms with Crippen molar-refractivity contribution in [1.82, 2.24) is 4.98 Å². The third-order valence-corrected chi connectivity index (χ3v) is 4.36. The van der Waals surface area contributed by atoms with Crippen LogP contribution in [0.15, 0.2) is 22.6 Å². The highest BCUT2D eigenvalue weighted by atomic mass is 127. The summed E-state index contributed by atoms with van der Waals surface area (Å²) < 4.78 is 12.1. The molecule has 118 valence electrons. The highest BCUT2D eigenvalue weighted by molar-refractivity contribution is 14.1. The van der Waals surface area contributed by atoms with Gasteiger partial charge in [-0.3, -0.25) is 5.43 Å². The van der Waals surface area contributed by atoms with Gasteiger partial charge in [0, 0.05) is 5.38 Å². The summed E-state index contributed by atoms with van der Waals surface area (Å²) >= 11 is 3.77. The van der Waals surface area contributed by atoms with Crippen LogP contribution >= 0.6 is 33.9 Å². The second kappa shape index (κ2) is 8.33. The van der Waals surface area contributed by atoms with Gasteiger partial charge in [-0.2, -0.15) is 5.10 Å². The van der Waals surface area contributed by atoms with E-state index in [4.69, 9.17) is 9.47 Å². The molecule has 1 aromatic heterocycles. The Bertz CT molecular complexity index is 658.